The predicted molar refractivity (Wildman–Crippen MR) is 132 cm³/mol. The molecule has 1 atom stereocenters. The minimum atomic E-state index is -3.24. The topological polar surface area (TPSA) is 93.2 Å². The molecule has 2 N–H and O–H groups in total. The van der Waals surface area contributed by atoms with Gasteiger partial charge in [-0.3, -0.25) is 5.41 Å². The molecule has 1 saturated heterocycles. The van der Waals surface area contributed by atoms with Gasteiger partial charge in [-0.2, -0.15) is 4.31 Å². The molecule has 9 heteroatoms. The number of piperidine rings is 1. The highest BCUT2D eigenvalue weighted by Crippen LogP contribution is 2.35. The molecular formula is C24H24ClN5O2S. The number of fused-ring (bicyclic) bond motifs is 1. The Bertz CT molecular complexity index is 1350. The maximum Gasteiger partial charge on any atom is 0.211 e. The van der Waals surface area contributed by atoms with Crippen molar-refractivity contribution in [1.29, 1.82) is 5.41 Å². The molecular weight excluding hydrogens is 458 g/mol. The van der Waals surface area contributed by atoms with E-state index in [4.69, 9.17) is 17.0 Å². The Hall–Kier alpha value is -2.94. The van der Waals surface area contributed by atoms with Gasteiger partial charge in [0, 0.05) is 36.8 Å². The van der Waals surface area contributed by atoms with Crippen LogP contribution in [-0.2, 0) is 10.0 Å². The second kappa shape index (κ2) is 8.44. The first-order chi connectivity index (χ1) is 15.8. The number of imidazole rings is 1. The minimum Gasteiger partial charge on any atom is -0.338 e. The van der Waals surface area contributed by atoms with Crippen LogP contribution in [0.5, 0.6) is 0 Å². The highest BCUT2D eigenvalue weighted by Gasteiger charge is 2.35. The summed E-state index contributed by atoms with van der Waals surface area (Å²) in [7, 11) is -3.24. The first-order valence-corrected chi connectivity index (χ1v) is 12.9. The molecule has 1 aromatic heterocycles. The van der Waals surface area contributed by atoms with Crippen LogP contribution in [0.3, 0.4) is 0 Å². The van der Waals surface area contributed by atoms with Crippen LogP contribution in [0.15, 0.2) is 66.4 Å². The molecule has 2 aromatic carbocycles. The number of rotatable bonds is 4. The molecule has 0 bridgehead atoms. The van der Waals surface area contributed by atoms with E-state index in [1.165, 1.54) is 10.6 Å². The number of aromatic nitrogens is 2. The Labute approximate surface area is 198 Å². The van der Waals surface area contributed by atoms with Crippen molar-refractivity contribution in [2.45, 2.75) is 6.42 Å². The van der Waals surface area contributed by atoms with Crippen molar-refractivity contribution in [3.8, 4) is 22.6 Å². The Morgan fingerprint density at radius 3 is 2.73 bits per heavy atom. The fourth-order valence-corrected chi connectivity index (χ4v) is 5.51. The molecule has 170 valence electrons. The number of amidine groups is 1. The van der Waals surface area contributed by atoms with Crippen LogP contribution >= 0.6 is 11.6 Å². The van der Waals surface area contributed by atoms with Gasteiger partial charge in [0.25, 0.3) is 0 Å². The highest BCUT2D eigenvalue weighted by atomic mass is 35.5. The minimum absolute atomic E-state index is 0.0795. The van der Waals surface area contributed by atoms with Gasteiger partial charge in [-0.05, 0) is 35.8 Å². The van der Waals surface area contributed by atoms with E-state index in [2.05, 4.69) is 16.0 Å². The number of benzene rings is 2. The van der Waals surface area contributed by atoms with E-state index in [0.29, 0.717) is 42.7 Å². The molecule has 1 fully saturated rings. The molecule has 0 spiro atoms. The molecule has 5 rings (SSSR count). The van der Waals surface area contributed by atoms with Crippen molar-refractivity contribution in [3.05, 3.63) is 71.4 Å². The summed E-state index contributed by atoms with van der Waals surface area (Å²) in [5, 5.41) is 9.41. The molecule has 0 aliphatic carbocycles. The number of nitrogens with zero attached hydrogens (tertiary/aromatic N) is 3. The Morgan fingerprint density at radius 1 is 1.18 bits per heavy atom. The smallest absolute Gasteiger partial charge is 0.211 e. The van der Waals surface area contributed by atoms with E-state index in [9.17, 15) is 8.42 Å². The van der Waals surface area contributed by atoms with Gasteiger partial charge in [-0.15, -0.1) is 0 Å². The second-order valence-corrected chi connectivity index (χ2v) is 10.8. The van der Waals surface area contributed by atoms with Gasteiger partial charge in [-0.1, -0.05) is 48.0 Å². The SMILES string of the molecule is CS(=O)(=O)N1CCC2C(=N)N(c3ccc(Cl)c(-c4ncc(-c5ccccc5)[nH]4)c3)CC=C2C1. The summed E-state index contributed by atoms with van der Waals surface area (Å²) >= 11 is 6.52. The number of hydrogen-bond donors (Lipinski definition) is 2. The fraction of sp³-hybridized carbons (Fsp3) is 0.250. The maximum absolute atomic E-state index is 11.9. The van der Waals surface area contributed by atoms with Gasteiger partial charge in [0.15, 0.2) is 0 Å². The predicted octanol–water partition coefficient (Wildman–Crippen LogP) is 4.40. The van der Waals surface area contributed by atoms with Crippen molar-refractivity contribution in [3.63, 3.8) is 0 Å². The Morgan fingerprint density at radius 2 is 1.97 bits per heavy atom. The van der Waals surface area contributed by atoms with Crippen LogP contribution in [0.4, 0.5) is 5.69 Å². The monoisotopic (exact) mass is 481 g/mol. The van der Waals surface area contributed by atoms with E-state index in [-0.39, 0.29) is 5.92 Å². The number of halogens is 1. The number of anilines is 1. The lowest BCUT2D eigenvalue weighted by Crippen LogP contribution is -2.48. The van der Waals surface area contributed by atoms with E-state index < -0.39 is 10.0 Å². The van der Waals surface area contributed by atoms with Crippen molar-refractivity contribution in [2.75, 3.05) is 30.8 Å². The molecule has 2 aliphatic rings. The lowest BCUT2D eigenvalue weighted by atomic mass is 9.87. The summed E-state index contributed by atoms with van der Waals surface area (Å²) < 4.78 is 25.4. The third-order valence-electron chi connectivity index (χ3n) is 6.28. The van der Waals surface area contributed by atoms with Gasteiger partial charge in [0.05, 0.1) is 23.2 Å². The summed E-state index contributed by atoms with van der Waals surface area (Å²) in [6.07, 6.45) is 5.69. The Kier molecular flexibility index (Phi) is 5.60. The zero-order chi connectivity index (χ0) is 23.2. The number of sulfonamides is 1. The van der Waals surface area contributed by atoms with Crippen molar-refractivity contribution in [1.82, 2.24) is 14.3 Å². The zero-order valence-corrected chi connectivity index (χ0v) is 19.7. The summed E-state index contributed by atoms with van der Waals surface area (Å²) in [4.78, 5) is 9.84. The number of hydrogen-bond acceptors (Lipinski definition) is 4. The van der Waals surface area contributed by atoms with Crippen molar-refractivity contribution >= 4 is 33.1 Å². The first-order valence-electron chi connectivity index (χ1n) is 10.7. The molecule has 3 aromatic rings. The molecule has 0 saturated carbocycles. The van der Waals surface area contributed by atoms with Crippen LogP contribution in [0.2, 0.25) is 5.02 Å². The maximum atomic E-state index is 11.9. The third kappa shape index (κ3) is 4.21. The molecule has 33 heavy (non-hydrogen) atoms. The highest BCUT2D eigenvalue weighted by molar-refractivity contribution is 7.88. The summed E-state index contributed by atoms with van der Waals surface area (Å²) in [6.45, 7) is 1.30. The Balaban J connectivity index is 1.43. The van der Waals surface area contributed by atoms with E-state index in [1.807, 2.05) is 53.4 Å². The van der Waals surface area contributed by atoms with Crippen molar-refractivity contribution < 1.29 is 8.42 Å². The largest absolute Gasteiger partial charge is 0.338 e. The van der Waals surface area contributed by atoms with Gasteiger partial charge in [0.1, 0.15) is 11.7 Å². The molecule has 0 amide bonds. The van der Waals surface area contributed by atoms with Crippen molar-refractivity contribution in [2.24, 2.45) is 5.92 Å². The average Bonchev–Trinajstić information content (AvgIpc) is 3.30. The number of nitrogens with one attached hydrogen (secondary N) is 2. The lowest BCUT2D eigenvalue weighted by molar-refractivity contribution is 0.371. The summed E-state index contributed by atoms with van der Waals surface area (Å²) in [6, 6.07) is 15.7. The van der Waals surface area contributed by atoms with Gasteiger partial charge in [-0.25, -0.2) is 13.4 Å². The normalized spacial score (nSPS) is 19.3. The standard InChI is InChI=1S/C24H24ClN5O2S/c1-33(31,32)29-11-10-19-17(15-29)9-12-30(23(19)26)18-7-8-21(25)20(13-18)24-27-14-22(28-24)16-5-3-2-4-6-16/h2-9,13-14,19,26H,10-12,15H2,1H3,(H,27,28). The van der Waals surface area contributed by atoms with Crippen LogP contribution in [-0.4, -0.2) is 54.4 Å². The quantitative estimate of drug-likeness (QED) is 0.540. The van der Waals surface area contributed by atoms with Crippen LogP contribution in [0, 0.1) is 11.3 Å². The van der Waals surface area contributed by atoms with Crippen LogP contribution in [0.1, 0.15) is 6.42 Å². The molecule has 7 nitrogen and oxygen atoms in total. The van der Waals surface area contributed by atoms with Gasteiger partial charge in [0.2, 0.25) is 10.0 Å². The van der Waals surface area contributed by atoms with Crippen LogP contribution < -0.4 is 4.90 Å². The van der Waals surface area contributed by atoms with E-state index >= 15 is 0 Å². The fourth-order valence-electron chi connectivity index (χ4n) is 4.48. The van der Waals surface area contributed by atoms with Crippen LogP contribution in [0.25, 0.3) is 22.6 Å². The first kappa shape index (κ1) is 21.9. The summed E-state index contributed by atoms with van der Waals surface area (Å²) in [5.74, 6) is 1.07. The van der Waals surface area contributed by atoms with E-state index in [1.54, 1.807) is 6.20 Å². The second-order valence-electron chi connectivity index (χ2n) is 8.39. The lowest BCUT2D eigenvalue weighted by Gasteiger charge is -2.40. The molecule has 3 heterocycles. The summed E-state index contributed by atoms with van der Waals surface area (Å²) in [5.41, 5.74) is 4.58. The number of H-pyrrole nitrogens is 1. The van der Waals surface area contributed by atoms with Gasteiger partial charge < -0.3 is 9.88 Å². The van der Waals surface area contributed by atoms with E-state index in [0.717, 1.165) is 28.1 Å². The average molecular weight is 482 g/mol. The molecule has 1 unspecified atom stereocenters. The molecule has 0 radical (unpaired) electrons. The number of aromatic amines is 1. The third-order valence-corrected chi connectivity index (χ3v) is 7.86. The zero-order valence-electron chi connectivity index (χ0n) is 18.1. The molecule has 2 aliphatic heterocycles. The van der Waals surface area contributed by atoms with Gasteiger partial charge >= 0.3 is 0 Å².